The summed E-state index contributed by atoms with van der Waals surface area (Å²) in [4.78, 5) is 18.1. The lowest BCUT2D eigenvalue weighted by atomic mass is 9.93. The molecule has 1 atom stereocenters. The van der Waals surface area contributed by atoms with Gasteiger partial charge in [0.05, 0.1) is 5.57 Å². The van der Waals surface area contributed by atoms with Gasteiger partial charge in [0.1, 0.15) is 12.6 Å². The molecule has 1 unspecified atom stereocenters. The second-order valence-corrected chi connectivity index (χ2v) is 8.42. The highest BCUT2D eigenvalue weighted by atomic mass is 16.5. The number of para-hydroxylation sites is 1. The van der Waals surface area contributed by atoms with Crippen LogP contribution in [0.4, 0.5) is 11.6 Å². The Morgan fingerprint density at radius 3 is 2.58 bits per heavy atom. The van der Waals surface area contributed by atoms with Crippen LogP contribution >= 0.6 is 0 Å². The molecular weight excluding hydrogens is 418 g/mol. The van der Waals surface area contributed by atoms with Gasteiger partial charge in [0, 0.05) is 43.1 Å². The van der Waals surface area contributed by atoms with E-state index in [0.29, 0.717) is 17.2 Å². The van der Waals surface area contributed by atoms with Crippen molar-refractivity contribution in [3.8, 4) is 0 Å². The van der Waals surface area contributed by atoms with Gasteiger partial charge in [-0.2, -0.15) is 4.68 Å². The zero-order valence-corrected chi connectivity index (χ0v) is 18.8. The molecule has 1 fully saturated rings. The number of anilines is 2. The van der Waals surface area contributed by atoms with Crippen molar-refractivity contribution in [3.05, 3.63) is 77.0 Å². The maximum absolute atomic E-state index is 13.4. The molecule has 2 aliphatic rings. The molecule has 3 aromatic rings. The van der Waals surface area contributed by atoms with Crippen LogP contribution in [0.5, 0.6) is 0 Å². The summed E-state index contributed by atoms with van der Waals surface area (Å²) in [5, 5.41) is 15.3. The van der Waals surface area contributed by atoms with E-state index in [1.807, 2.05) is 55.5 Å². The Morgan fingerprint density at radius 2 is 1.79 bits per heavy atom. The van der Waals surface area contributed by atoms with Gasteiger partial charge in [-0.05, 0) is 36.0 Å². The van der Waals surface area contributed by atoms with Crippen molar-refractivity contribution in [2.45, 2.75) is 19.6 Å². The average Bonchev–Trinajstić information content (AvgIpc) is 3.31. The van der Waals surface area contributed by atoms with Crippen LogP contribution in [0.1, 0.15) is 24.1 Å². The van der Waals surface area contributed by atoms with Crippen molar-refractivity contribution in [3.63, 3.8) is 0 Å². The zero-order valence-electron chi connectivity index (χ0n) is 18.8. The first kappa shape index (κ1) is 21.1. The number of esters is 1. The Balaban J connectivity index is 1.51. The van der Waals surface area contributed by atoms with Crippen LogP contribution in [-0.4, -0.2) is 64.3 Å². The molecule has 5 rings (SSSR count). The van der Waals surface area contributed by atoms with Crippen molar-refractivity contribution in [2.75, 3.05) is 43.4 Å². The second-order valence-electron chi connectivity index (χ2n) is 8.42. The number of nitrogens with zero attached hydrogens (tertiary/aromatic N) is 6. The molecule has 0 spiro atoms. The van der Waals surface area contributed by atoms with Gasteiger partial charge in [-0.3, -0.25) is 0 Å². The third kappa shape index (κ3) is 4.19. The van der Waals surface area contributed by atoms with E-state index in [9.17, 15) is 4.79 Å². The van der Waals surface area contributed by atoms with Crippen LogP contribution in [0.15, 0.2) is 65.9 Å². The van der Waals surface area contributed by atoms with E-state index in [-0.39, 0.29) is 12.6 Å². The lowest BCUT2D eigenvalue weighted by Gasteiger charge is -2.37. The fourth-order valence-corrected chi connectivity index (χ4v) is 4.42. The first-order valence-electron chi connectivity index (χ1n) is 11.1. The first-order valence-corrected chi connectivity index (χ1v) is 11.1. The molecule has 9 nitrogen and oxygen atoms in total. The van der Waals surface area contributed by atoms with E-state index >= 15 is 0 Å². The molecule has 3 heterocycles. The number of rotatable bonds is 5. The molecule has 2 aromatic carbocycles. The van der Waals surface area contributed by atoms with Gasteiger partial charge in [0.25, 0.3) is 0 Å². The van der Waals surface area contributed by atoms with Crippen molar-refractivity contribution in [1.82, 2.24) is 25.1 Å². The number of carbonyl (C=O) groups excluding carboxylic acids is 1. The quantitative estimate of drug-likeness (QED) is 0.599. The SMILES string of the molecule is CC1=C(C(=O)OCc2ccccc2)C(c2ccccc2N2CCN(C)CC2)n2nnnc2N1. The van der Waals surface area contributed by atoms with E-state index in [1.165, 1.54) is 0 Å². The summed E-state index contributed by atoms with van der Waals surface area (Å²) in [6.07, 6.45) is 0. The molecule has 0 radical (unpaired) electrons. The van der Waals surface area contributed by atoms with E-state index in [1.54, 1.807) is 4.68 Å². The van der Waals surface area contributed by atoms with Crippen LogP contribution in [0.2, 0.25) is 0 Å². The van der Waals surface area contributed by atoms with Crippen LogP contribution < -0.4 is 10.2 Å². The number of allylic oxidation sites excluding steroid dienone is 1. The molecule has 1 aromatic heterocycles. The fraction of sp³-hybridized carbons (Fsp3) is 0.333. The van der Waals surface area contributed by atoms with Crippen molar-refractivity contribution < 1.29 is 9.53 Å². The van der Waals surface area contributed by atoms with Gasteiger partial charge < -0.3 is 19.9 Å². The van der Waals surface area contributed by atoms with Crippen molar-refractivity contribution in [2.24, 2.45) is 0 Å². The molecule has 1 saturated heterocycles. The van der Waals surface area contributed by atoms with Gasteiger partial charge >= 0.3 is 5.97 Å². The highest BCUT2D eigenvalue weighted by molar-refractivity contribution is 5.93. The summed E-state index contributed by atoms with van der Waals surface area (Å²) in [6.45, 7) is 5.86. The third-order valence-electron chi connectivity index (χ3n) is 6.22. The molecule has 0 bridgehead atoms. The predicted molar refractivity (Wildman–Crippen MR) is 125 cm³/mol. The Labute approximate surface area is 192 Å². The molecule has 0 aliphatic carbocycles. The van der Waals surface area contributed by atoms with Crippen LogP contribution in [0, 0.1) is 0 Å². The molecule has 9 heteroatoms. The maximum atomic E-state index is 13.4. The minimum atomic E-state index is -0.490. The lowest BCUT2D eigenvalue weighted by molar-refractivity contribution is -0.140. The topological polar surface area (TPSA) is 88.4 Å². The number of tetrazole rings is 1. The van der Waals surface area contributed by atoms with Gasteiger partial charge in [-0.1, -0.05) is 53.6 Å². The first-order chi connectivity index (χ1) is 16.1. The standard InChI is InChI=1S/C24H27N7O2/c1-17-21(23(32)33-16-18-8-4-3-5-9-18)22(31-24(25-17)26-27-28-31)19-10-6-7-11-20(19)30-14-12-29(2)13-15-30/h3-11,22H,12-16H2,1-2H3,(H,25,26,28). The summed E-state index contributed by atoms with van der Waals surface area (Å²) in [7, 11) is 2.14. The number of piperazine rings is 1. The summed E-state index contributed by atoms with van der Waals surface area (Å²) >= 11 is 0. The van der Waals surface area contributed by atoms with E-state index in [4.69, 9.17) is 4.74 Å². The Hall–Kier alpha value is -3.72. The van der Waals surface area contributed by atoms with Gasteiger partial charge in [0.15, 0.2) is 0 Å². The number of fused-ring (bicyclic) bond motifs is 1. The van der Waals surface area contributed by atoms with E-state index in [2.05, 4.69) is 43.8 Å². The largest absolute Gasteiger partial charge is 0.457 e. The van der Waals surface area contributed by atoms with Crippen LogP contribution in [0.25, 0.3) is 0 Å². The third-order valence-corrected chi connectivity index (χ3v) is 6.22. The predicted octanol–water partition coefficient (Wildman–Crippen LogP) is 2.46. The van der Waals surface area contributed by atoms with E-state index in [0.717, 1.165) is 43.0 Å². The van der Waals surface area contributed by atoms with Crippen molar-refractivity contribution >= 4 is 17.6 Å². The summed E-state index contributed by atoms with van der Waals surface area (Å²) in [5.74, 6) is 0.119. The van der Waals surface area contributed by atoms with Crippen molar-refractivity contribution in [1.29, 1.82) is 0 Å². The number of nitrogens with one attached hydrogen (secondary N) is 1. The minimum Gasteiger partial charge on any atom is -0.457 e. The second kappa shape index (κ2) is 9.03. The van der Waals surface area contributed by atoms with Crippen LogP contribution in [0.3, 0.4) is 0 Å². The number of hydrogen-bond donors (Lipinski definition) is 1. The monoisotopic (exact) mass is 445 g/mol. The Bertz CT molecular complexity index is 1170. The molecule has 0 amide bonds. The number of carbonyl (C=O) groups is 1. The molecule has 33 heavy (non-hydrogen) atoms. The van der Waals surface area contributed by atoms with Gasteiger partial charge in [-0.25, -0.2) is 4.79 Å². The summed E-state index contributed by atoms with van der Waals surface area (Å²) in [6, 6.07) is 17.4. The molecular formula is C24H27N7O2. The molecule has 170 valence electrons. The highest BCUT2D eigenvalue weighted by Gasteiger charge is 2.37. The maximum Gasteiger partial charge on any atom is 0.338 e. The number of likely N-dealkylation sites (N-methyl/N-ethyl adjacent to an activating group) is 1. The average molecular weight is 446 g/mol. The number of aromatic nitrogens is 4. The smallest absolute Gasteiger partial charge is 0.338 e. The zero-order chi connectivity index (χ0) is 22.8. The number of benzene rings is 2. The lowest BCUT2D eigenvalue weighted by Crippen LogP contribution is -2.45. The van der Waals surface area contributed by atoms with E-state index < -0.39 is 6.04 Å². The normalized spacial score (nSPS) is 18.6. The molecule has 0 saturated carbocycles. The van der Waals surface area contributed by atoms with Crippen LogP contribution in [-0.2, 0) is 16.1 Å². The summed E-state index contributed by atoms with van der Waals surface area (Å²) < 4.78 is 7.41. The number of ether oxygens (including phenoxy) is 1. The Morgan fingerprint density at radius 1 is 1.06 bits per heavy atom. The molecule has 2 aliphatic heterocycles. The summed E-state index contributed by atoms with van der Waals surface area (Å²) in [5.41, 5.74) is 4.19. The highest BCUT2D eigenvalue weighted by Crippen LogP contribution is 2.39. The van der Waals surface area contributed by atoms with Gasteiger partial charge in [0.2, 0.25) is 5.95 Å². The van der Waals surface area contributed by atoms with Gasteiger partial charge in [-0.15, -0.1) is 0 Å². The minimum absolute atomic E-state index is 0.200. The fourth-order valence-electron chi connectivity index (χ4n) is 4.42. The number of hydrogen-bond acceptors (Lipinski definition) is 8. The Kier molecular flexibility index (Phi) is 5.78. The molecule has 1 N–H and O–H groups in total.